The Bertz CT molecular complexity index is 1210. The Hall–Kier alpha value is -2.05. The number of hydrogen-bond acceptors (Lipinski definition) is 7. The molecule has 0 unspecified atom stereocenters. The van der Waals surface area contributed by atoms with Crippen molar-refractivity contribution in [3.8, 4) is 10.6 Å². The van der Waals surface area contributed by atoms with Gasteiger partial charge in [-0.15, -0.1) is 11.3 Å². The number of anilines is 1. The summed E-state index contributed by atoms with van der Waals surface area (Å²) in [5.74, 6) is 0. The highest BCUT2D eigenvalue weighted by Gasteiger charge is 2.21. The van der Waals surface area contributed by atoms with Crippen molar-refractivity contribution in [2.45, 2.75) is 16.7 Å². The molecule has 132 valence electrons. The molecule has 0 spiro atoms. The Balaban J connectivity index is 2.23. The number of thiazole rings is 1. The van der Waals surface area contributed by atoms with E-state index in [4.69, 9.17) is 10.3 Å². The minimum Gasteiger partial charge on any atom is -0.398 e. The van der Waals surface area contributed by atoms with Crippen molar-refractivity contribution in [1.82, 2.24) is 4.98 Å². The van der Waals surface area contributed by atoms with Crippen LogP contribution in [-0.2, 0) is 20.2 Å². The fourth-order valence-electron chi connectivity index (χ4n) is 2.43. The van der Waals surface area contributed by atoms with Crippen LogP contribution in [0.25, 0.3) is 20.8 Å². The van der Waals surface area contributed by atoms with E-state index in [2.05, 4.69) is 4.98 Å². The maximum atomic E-state index is 11.6. The number of nitrogens with zero attached hydrogens (tertiary/aromatic N) is 1. The summed E-state index contributed by atoms with van der Waals surface area (Å²) in [4.78, 5) is 3.67. The van der Waals surface area contributed by atoms with Crippen LogP contribution in [0.5, 0.6) is 0 Å². The number of rotatable bonds is 3. The Morgan fingerprint density at radius 2 is 1.72 bits per heavy atom. The Labute approximate surface area is 147 Å². The van der Waals surface area contributed by atoms with E-state index in [9.17, 15) is 21.4 Å². The van der Waals surface area contributed by atoms with E-state index in [1.807, 2.05) is 0 Å². The Morgan fingerprint density at radius 3 is 2.28 bits per heavy atom. The highest BCUT2D eigenvalue weighted by Crippen LogP contribution is 2.37. The van der Waals surface area contributed by atoms with Gasteiger partial charge in [0.1, 0.15) is 14.8 Å². The van der Waals surface area contributed by atoms with Gasteiger partial charge in [-0.3, -0.25) is 9.11 Å². The SMILES string of the molecule is Cc1ccc2nc(-c3ccc(S(=O)(=O)O)c(N)c3)sc2c1S(=O)(=O)O. The first kappa shape index (κ1) is 17.8. The van der Waals surface area contributed by atoms with Crippen molar-refractivity contribution < 1.29 is 25.9 Å². The van der Waals surface area contributed by atoms with E-state index < -0.39 is 25.1 Å². The molecular weight excluding hydrogens is 388 g/mol. The van der Waals surface area contributed by atoms with E-state index in [1.165, 1.54) is 18.2 Å². The number of nitrogens with two attached hydrogens (primary N) is 1. The van der Waals surface area contributed by atoms with Gasteiger partial charge in [0, 0.05) is 5.56 Å². The van der Waals surface area contributed by atoms with E-state index in [0.717, 1.165) is 17.4 Å². The Morgan fingerprint density at radius 1 is 1.04 bits per heavy atom. The summed E-state index contributed by atoms with van der Waals surface area (Å²) < 4.78 is 64.5. The van der Waals surface area contributed by atoms with Gasteiger partial charge in [-0.05, 0) is 30.7 Å². The van der Waals surface area contributed by atoms with Crippen molar-refractivity contribution >= 4 is 47.5 Å². The van der Waals surface area contributed by atoms with Crippen LogP contribution in [0.15, 0.2) is 40.1 Å². The van der Waals surface area contributed by atoms with Crippen LogP contribution in [0.2, 0.25) is 0 Å². The molecule has 0 bridgehead atoms. The maximum Gasteiger partial charge on any atom is 0.296 e. The van der Waals surface area contributed by atoms with Crippen LogP contribution in [0.3, 0.4) is 0 Å². The summed E-state index contributed by atoms with van der Waals surface area (Å²) in [5, 5.41) is 0.388. The summed E-state index contributed by atoms with van der Waals surface area (Å²) in [6.45, 7) is 1.56. The van der Waals surface area contributed by atoms with Gasteiger partial charge in [0.2, 0.25) is 0 Å². The number of fused-ring (bicyclic) bond motifs is 1. The first-order valence-corrected chi connectivity index (χ1v) is 10.4. The smallest absolute Gasteiger partial charge is 0.296 e. The molecule has 11 heteroatoms. The standard InChI is InChI=1S/C14H12N2O6S3/c1-7-2-4-10-12(13(7)25(20,21)22)23-14(16-10)8-3-5-11(9(15)6-8)24(17,18)19/h2-6H,15H2,1H3,(H,17,18,19)(H,20,21,22). The van der Waals surface area contributed by atoms with E-state index >= 15 is 0 Å². The average molecular weight is 400 g/mol. The third kappa shape index (κ3) is 3.24. The summed E-state index contributed by atoms with van der Waals surface area (Å²) in [6, 6.07) is 7.01. The molecule has 0 atom stereocenters. The molecule has 4 N–H and O–H groups in total. The molecule has 0 saturated heterocycles. The minimum atomic E-state index is -4.44. The zero-order valence-corrected chi connectivity index (χ0v) is 15.1. The minimum absolute atomic E-state index is 0.162. The molecular formula is C14H12N2O6S3. The number of benzene rings is 2. The molecule has 0 aliphatic rings. The molecule has 3 rings (SSSR count). The number of hydrogen-bond donors (Lipinski definition) is 3. The molecule has 0 radical (unpaired) electrons. The average Bonchev–Trinajstić information content (AvgIpc) is 2.87. The highest BCUT2D eigenvalue weighted by molar-refractivity contribution is 7.86. The van der Waals surface area contributed by atoms with Crippen LogP contribution < -0.4 is 5.73 Å². The van der Waals surface area contributed by atoms with Crippen molar-refractivity contribution in [1.29, 1.82) is 0 Å². The number of aromatic nitrogens is 1. The fourth-order valence-corrected chi connectivity index (χ4v) is 5.33. The maximum absolute atomic E-state index is 11.6. The lowest BCUT2D eigenvalue weighted by Gasteiger charge is -2.04. The molecule has 0 saturated carbocycles. The van der Waals surface area contributed by atoms with Gasteiger partial charge in [-0.25, -0.2) is 4.98 Å². The first-order chi connectivity index (χ1) is 11.5. The first-order valence-electron chi connectivity index (χ1n) is 6.73. The van der Waals surface area contributed by atoms with Gasteiger partial charge in [0.15, 0.2) is 0 Å². The van der Waals surface area contributed by atoms with Crippen LogP contribution in [0, 0.1) is 6.92 Å². The molecule has 1 heterocycles. The van der Waals surface area contributed by atoms with Crippen LogP contribution >= 0.6 is 11.3 Å². The predicted molar refractivity (Wildman–Crippen MR) is 93.8 cm³/mol. The van der Waals surface area contributed by atoms with Gasteiger partial charge in [0.25, 0.3) is 20.2 Å². The zero-order chi connectivity index (χ0) is 18.6. The number of nitrogen functional groups attached to an aromatic ring is 1. The van der Waals surface area contributed by atoms with Crippen molar-refractivity contribution in [3.63, 3.8) is 0 Å². The fraction of sp³-hybridized carbons (Fsp3) is 0.0714. The lowest BCUT2D eigenvalue weighted by molar-refractivity contribution is 0.481. The predicted octanol–water partition coefficient (Wildman–Crippen LogP) is 2.35. The van der Waals surface area contributed by atoms with Crippen molar-refractivity contribution in [3.05, 3.63) is 35.9 Å². The van der Waals surface area contributed by atoms with Crippen LogP contribution in [-0.4, -0.2) is 30.9 Å². The second-order valence-electron chi connectivity index (χ2n) is 5.28. The normalized spacial score (nSPS) is 12.6. The molecule has 0 aliphatic carbocycles. The summed E-state index contributed by atoms with van der Waals surface area (Å²) >= 11 is 1.02. The quantitative estimate of drug-likeness (QED) is 0.448. The lowest BCUT2D eigenvalue weighted by Crippen LogP contribution is -2.02. The molecule has 3 aromatic rings. The number of aryl methyl sites for hydroxylation is 1. The second kappa shape index (κ2) is 5.75. The van der Waals surface area contributed by atoms with Crippen LogP contribution in [0.1, 0.15) is 5.56 Å². The topological polar surface area (TPSA) is 148 Å². The van der Waals surface area contributed by atoms with Gasteiger partial charge in [-0.1, -0.05) is 12.1 Å². The molecule has 0 fully saturated rings. The zero-order valence-electron chi connectivity index (χ0n) is 12.7. The Kier molecular flexibility index (Phi) is 4.08. The molecule has 2 aromatic carbocycles. The highest BCUT2D eigenvalue weighted by atomic mass is 32.2. The summed E-state index contributed by atoms with van der Waals surface area (Å²) in [5.41, 5.74) is 6.70. The monoisotopic (exact) mass is 400 g/mol. The third-order valence-electron chi connectivity index (χ3n) is 3.50. The molecule has 8 nitrogen and oxygen atoms in total. The second-order valence-corrected chi connectivity index (χ2v) is 9.03. The van der Waals surface area contributed by atoms with Crippen molar-refractivity contribution in [2.24, 2.45) is 0 Å². The van der Waals surface area contributed by atoms with Crippen LogP contribution in [0.4, 0.5) is 5.69 Å². The van der Waals surface area contributed by atoms with Crippen molar-refractivity contribution in [2.75, 3.05) is 5.73 Å². The van der Waals surface area contributed by atoms with Gasteiger partial charge in [0.05, 0.1) is 15.9 Å². The van der Waals surface area contributed by atoms with E-state index in [1.54, 1.807) is 13.0 Å². The van der Waals surface area contributed by atoms with Gasteiger partial charge >= 0.3 is 0 Å². The molecule has 0 aliphatic heterocycles. The van der Waals surface area contributed by atoms with E-state index in [-0.39, 0.29) is 15.3 Å². The summed E-state index contributed by atoms with van der Waals surface area (Å²) in [6.07, 6.45) is 0. The lowest BCUT2D eigenvalue weighted by atomic mass is 10.2. The molecule has 0 amide bonds. The third-order valence-corrected chi connectivity index (χ3v) is 6.74. The molecule has 25 heavy (non-hydrogen) atoms. The largest absolute Gasteiger partial charge is 0.398 e. The van der Waals surface area contributed by atoms with Gasteiger partial charge in [-0.2, -0.15) is 16.8 Å². The summed E-state index contributed by atoms with van der Waals surface area (Å²) in [7, 11) is -8.87. The van der Waals surface area contributed by atoms with Gasteiger partial charge < -0.3 is 5.73 Å². The molecule has 1 aromatic heterocycles. The van der Waals surface area contributed by atoms with E-state index in [0.29, 0.717) is 21.7 Å².